The molecule has 0 unspecified atom stereocenters. The van der Waals surface area contributed by atoms with Crippen LogP contribution in [-0.4, -0.2) is 42.2 Å². The van der Waals surface area contributed by atoms with Gasteiger partial charge < -0.3 is 19.7 Å². The molecule has 0 atom stereocenters. The van der Waals surface area contributed by atoms with Crippen molar-refractivity contribution in [3.63, 3.8) is 0 Å². The van der Waals surface area contributed by atoms with Crippen LogP contribution in [0.4, 0.5) is 4.79 Å². The van der Waals surface area contributed by atoms with Gasteiger partial charge in [0.2, 0.25) is 0 Å². The van der Waals surface area contributed by atoms with E-state index in [1.54, 1.807) is 23.1 Å². The highest BCUT2D eigenvalue weighted by molar-refractivity contribution is 6.42. The van der Waals surface area contributed by atoms with Crippen LogP contribution in [0.5, 0.6) is 5.75 Å². The zero-order valence-corrected chi connectivity index (χ0v) is 20.6. The second kappa shape index (κ2) is 9.07. The second-order valence-corrected chi connectivity index (χ2v) is 10.5. The van der Waals surface area contributed by atoms with Crippen LogP contribution in [0.2, 0.25) is 10.0 Å². The quantitative estimate of drug-likeness (QED) is 0.609. The number of likely N-dealkylation sites (tertiary alicyclic amines) is 1. The number of halogens is 2. The van der Waals surface area contributed by atoms with Gasteiger partial charge >= 0.3 is 6.09 Å². The van der Waals surface area contributed by atoms with Crippen molar-refractivity contribution in [1.82, 2.24) is 10.2 Å². The molecule has 33 heavy (non-hydrogen) atoms. The van der Waals surface area contributed by atoms with Crippen molar-refractivity contribution in [1.29, 1.82) is 0 Å². The molecule has 2 amide bonds. The number of nitrogens with one attached hydrogen (secondary N) is 1. The minimum Gasteiger partial charge on any atom is -0.492 e. The summed E-state index contributed by atoms with van der Waals surface area (Å²) >= 11 is 12.0. The van der Waals surface area contributed by atoms with Gasteiger partial charge in [-0.15, -0.1) is 0 Å². The summed E-state index contributed by atoms with van der Waals surface area (Å²) in [5.41, 5.74) is 1.96. The summed E-state index contributed by atoms with van der Waals surface area (Å²) in [6, 6.07) is 10.9. The Hall–Kier alpha value is -2.44. The molecule has 0 aliphatic carbocycles. The fourth-order valence-electron chi connectivity index (χ4n) is 4.30. The summed E-state index contributed by atoms with van der Waals surface area (Å²) in [6.45, 7) is 7.85. The molecule has 4 rings (SSSR count). The number of hydrogen-bond acceptors (Lipinski definition) is 4. The standard InChI is InChI=1S/C25H28Cl2N2O4/c1-24(2,3)33-23(31)29-10-8-25(9-11-29)15-32-21-7-4-16(12-18(21)25)14-28-22(30)17-5-6-19(26)20(27)13-17/h4-7,12-13H,8-11,14-15H2,1-3H3,(H,28,30). The van der Waals surface area contributed by atoms with Crippen molar-refractivity contribution in [2.75, 3.05) is 19.7 Å². The van der Waals surface area contributed by atoms with Gasteiger partial charge in [-0.2, -0.15) is 0 Å². The van der Waals surface area contributed by atoms with E-state index in [0.29, 0.717) is 41.8 Å². The van der Waals surface area contributed by atoms with E-state index in [4.69, 9.17) is 32.7 Å². The first kappa shape index (κ1) is 23.7. The molecule has 8 heteroatoms. The first-order chi connectivity index (χ1) is 15.6. The molecule has 176 valence electrons. The maximum absolute atomic E-state index is 12.5. The Morgan fingerprint density at radius 3 is 2.48 bits per heavy atom. The molecule has 1 N–H and O–H groups in total. The lowest BCUT2D eigenvalue weighted by molar-refractivity contribution is 0.0152. The molecule has 2 aliphatic heterocycles. The predicted molar refractivity (Wildman–Crippen MR) is 128 cm³/mol. The largest absolute Gasteiger partial charge is 0.492 e. The molecule has 2 aromatic carbocycles. The third kappa shape index (κ3) is 5.22. The molecular formula is C25H28Cl2N2O4. The van der Waals surface area contributed by atoms with Crippen molar-refractivity contribution < 1.29 is 19.1 Å². The average Bonchev–Trinajstić information content (AvgIpc) is 3.10. The molecule has 2 aliphatic rings. The smallest absolute Gasteiger partial charge is 0.410 e. The Bertz CT molecular complexity index is 1070. The Kier molecular flexibility index (Phi) is 6.52. The Labute approximate surface area is 204 Å². The molecule has 1 saturated heterocycles. The number of benzene rings is 2. The van der Waals surface area contributed by atoms with Crippen molar-refractivity contribution in [2.45, 2.75) is 51.2 Å². The van der Waals surface area contributed by atoms with Crippen LogP contribution in [-0.2, 0) is 16.7 Å². The number of nitrogens with zero attached hydrogens (tertiary/aromatic N) is 1. The first-order valence-electron chi connectivity index (χ1n) is 11.0. The summed E-state index contributed by atoms with van der Waals surface area (Å²) in [5, 5.41) is 3.70. The van der Waals surface area contributed by atoms with Gasteiger partial charge in [-0.3, -0.25) is 4.79 Å². The Morgan fingerprint density at radius 2 is 1.82 bits per heavy atom. The minimum atomic E-state index is -0.508. The number of fused-ring (bicyclic) bond motifs is 2. The number of ether oxygens (including phenoxy) is 2. The van der Waals surface area contributed by atoms with E-state index >= 15 is 0 Å². The summed E-state index contributed by atoms with van der Waals surface area (Å²) in [4.78, 5) is 26.7. The highest BCUT2D eigenvalue weighted by atomic mass is 35.5. The number of piperidine rings is 1. The number of rotatable bonds is 3. The van der Waals surface area contributed by atoms with Crippen LogP contribution in [0.1, 0.15) is 55.1 Å². The van der Waals surface area contributed by atoms with Crippen molar-refractivity contribution >= 4 is 35.2 Å². The first-order valence-corrected chi connectivity index (χ1v) is 11.8. The molecule has 0 radical (unpaired) electrons. The predicted octanol–water partition coefficient (Wildman–Crippen LogP) is 5.58. The zero-order valence-electron chi connectivity index (χ0n) is 19.0. The van der Waals surface area contributed by atoms with Gasteiger partial charge in [0.15, 0.2) is 0 Å². The van der Waals surface area contributed by atoms with Gasteiger partial charge in [0, 0.05) is 36.2 Å². The minimum absolute atomic E-state index is 0.127. The van der Waals surface area contributed by atoms with Crippen LogP contribution >= 0.6 is 23.2 Å². The monoisotopic (exact) mass is 490 g/mol. The molecule has 0 bridgehead atoms. The average molecular weight is 491 g/mol. The van der Waals surface area contributed by atoms with Crippen molar-refractivity contribution in [3.05, 3.63) is 63.1 Å². The van der Waals surface area contributed by atoms with Gasteiger partial charge in [-0.25, -0.2) is 4.79 Å². The summed E-state index contributed by atoms with van der Waals surface area (Å²) in [5.74, 6) is 0.658. The van der Waals surface area contributed by atoms with E-state index in [1.165, 1.54) is 0 Å². The lowest BCUT2D eigenvalue weighted by Crippen LogP contribution is -2.47. The third-order valence-electron chi connectivity index (χ3n) is 6.13. The highest BCUT2D eigenvalue weighted by Gasteiger charge is 2.44. The molecule has 2 aromatic rings. The molecule has 1 fully saturated rings. The van der Waals surface area contributed by atoms with E-state index in [-0.39, 0.29) is 17.4 Å². The van der Waals surface area contributed by atoms with E-state index in [0.717, 1.165) is 29.7 Å². The van der Waals surface area contributed by atoms with E-state index in [9.17, 15) is 9.59 Å². The van der Waals surface area contributed by atoms with Crippen LogP contribution in [0.15, 0.2) is 36.4 Å². The maximum atomic E-state index is 12.5. The molecule has 2 heterocycles. The molecule has 0 aromatic heterocycles. The Morgan fingerprint density at radius 1 is 1.09 bits per heavy atom. The normalized spacial score (nSPS) is 16.8. The number of carbonyl (C=O) groups is 2. The Balaban J connectivity index is 1.42. The van der Waals surface area contributed by atoms with Crippen molar-refractivity contribution in [3.8, 4) is 5.75 Å². The maximum Gasteiger partial charge on any atom is 0.410 e. The summed E-state index contributed by atoms with van der Waals surface area (Å²) < 4.78 is 11.5. The topological polar surface area (TPSA) is 67.9 Å². The fraction of sp³-hybridized carbons (Fsp3) is 0.440. The SMILES string of the molecule is CC(C)(C)OC(=O)N1CCC2(CC1)COc1ccc(CNC(=O)c3ccc(Cl)c(Cl)c3)cc12. The lowest BCUT2D eigenvalue weighted by Gasteiger charge is -2.39. The van der Waals surface area contributed by atoms with Gasteiger partial charge in [0.25, 0.3) is 5.91 Å². The lowest BCUT2D eigenvalue weighted by atomic mass is 9.74. The molecule has 6 nitrogen and oxygen atoms in total. The van der Waals surface area contributed by atoms with E-state index in [1.807, 2.05) is 32.9 Å². The van der Waals surface area contributed by atoms with Crippen molar-refractivity contribution in [2.24, 2.45) is 0 Å². The fourth-order valence-corrected chi connectivity index (χ4v) is 4.60. The van der Waals surface area contributed by atoms with Gasteiger partial charge in [-0.1, -0.05) is 29.3 Å². The van der Waals surface area contributed by atoms with E-state index in [2.05, 4.69) is 11.4 Å². The second-order valence-electron chi connectivity index (χ2n) is 9.68. The summed E-state index contributed by atoms with van der Waals surface area (Å²) in [7, 11) is 0. The summed E-state index contributed by atoms with van der Waals surface area (Å²) in [6.07, 6.45) is 1.34. The van der Waals surface area contributed by atoms with Crippen LogP contribution in [0, 0.1) is 0 Å². The van der Waals surface area contributed by atoms with Crippen LogP contribution in [0.3, 0.4) is 0 Å². The number of carbonyl (C=O) groups excluding carboxylic acids is 2. The third-order valence-corrected chi connectivity index (χ3v) is 6.87. The molecule has 1 spiro atoms. The zero-order chi connectivity index (χ0) is 23.8. The van der Waals surface area contributed by atoms with E-state index < -0.39 is 5.60 Å². The molecule has 0 saturated carbocycles. The van der Waals surface area contributed by atoms with Gasteiger partial charge in [0.1, 0.15) is 11.4 Å². The number of amides is 2. The van der Waals surface area contributed by atoms with Crippen LogP contribution < -0.4 is 10.1 Å². The van der Waals surface area contributed by atoms with Gasteiger partial charge in [0.05, 0.1) is 16.7 Å². The highest BCUT2D eigenvalue weighted by Crippen LogP contribution is 2.46. The number of hydrogen-bond donors (Lipinski definition) is 1. The van der Waals surface area contributed by atoms with Crippen LogP contribution in [0.25, 0.3) is 0 Å². The molecular weight excluding hydrogens is 463 g/mol. The van der Waals surface area contributed by atoms with Gasteiger partial charge in [-0.05, 0) is 69.5 Å².